The second kappa shape index (κ2) is 8.12. The summed E-state index contributed by atoms with van der Waals surface area (Å²) in [6, 6.07) is 9.75. The molecule has 3 heterocycles. The van der Waals surface area contributed by atoms with Crippen LogP contribution in [0.2, 0.25) is 0 Å². The van der Waals surface area contributed by atoms with Crippen molar-refractivity contribution in [2.75, 3.05) is 0 Å². The summed E-state index contributed by atoms with van der Waals surface area (Å²) in [5.41, 5.74) is 1.74. The van der Waals surface area contributed by atoms with E-state index in [1.807, 2.05) is 45.7 Å². The fourth-order valence-electron chi connectivity index (χ4n) is 3.84. The number of rotatable bonds is 5. The van der Waals surface area contributed by atoms with Gasteiger partial charge < -0.3 is 4.52 Å². The number of thioether (sulfide) groups is 1. The molecule has 1 fully saturated rings. The average molecular weight is 425 g/mol. The smallest absolute Gasteiger partial charge is 0.262 e. The Labute approximate surface area is 176 Å². The third kappa shape index (κ3) is 3.74. The number of benzene rings is 1. The molecule has 0 unspecified atom stereocenters. The first-order valence-corrected chi connectivity index (χ1v) is 11.7. The number of nitrogens with zero attached hydrogens (tertiary/aromatic N) is 4. The van der Waals surface area contributed by atoms with Gasteiger partial charge in [-0.2, -0.15) is 16.3 Å². The van der Waals surface area contributed by atoms with Crippen molar-refractivity contribution in [2.24, 2.45) is 0 Å². The Kier molecular flexibility index (Phi) is 5.20. The van der Waals surface area contributed by atoms with Gasteiger partial charge in [0.05, 0.1) is 16.7 Å². The molecule has 6 nitrogen and oxygen atoms in total. The van der Waals surface area contributed by atoms with Crippen LogP contribution in [0.3, 0.4) is 0 Å². The molecule has 1 aliphatic rings. The molecular weight excluding hydrogens is 404 g/mol. The molecule has 0 atom stereocenters. The summed E-state index contributed by atoms with van der Waals surface area (Å²) in [7, 11) is 0. The first kappa shape index (κ1) is 18.6. The molecule has 1 aliphatic carbocycles. The predicted molar refractivity (Wildman–Crippen MR) is 115 cm³/mol. The van der Waals surface area contributed by atoms with Crippen LogP contribution in [0.15, 0.2) is 55.6 Å². The van der Waals surface area contributed by atoms with Crippen LogP contribution < -0.4 is 5.56 Å². The van der Waals surface area contributed by atoms with Gasteiger partial charge in [-0.3, -0.25) is 9.36 Å². The maximum atomic E-state index is 13.3. The van der Waals surface area contributed by atoms with Gasteiger partial charge in [0, 0.05) is 17.0 Å². The van der Waals surface area contributed by atoms with Gasteiger partial charge in [0.2, 0.25) is 11.7 Å². The Bertz CT molecular complexity index is 1180. The average Bonchev–Trinajstić information content (AvgIpc) is 3.45. The van der Waals surface area contributed by atoms with E-state index in [2.05, 4.69) is 10.1 Å². The number of fused-ring (bicyclic) bond motifs is 1. The van der Waals surface area contributed by atoms with E-state index >= 15 is 0 Å². The van der Waals surface area contributed by atoms with Crippen molar-refractivity contribution in [3.63, 3.8) is 0 Å². The third-order valence-electron chi connectivity index (χ3n) is 5.29. The van der Waals surface area contributed by atoms with Crippen molar-refractivity contribution in [3.05, 3.63) is 57.3 Å². The van der Waals surface area contributed by atoms with E-state index in [1.54, 1.807) is 11.3 Å². The SMILES string of the molecule is O=c1c2ccccc2nc(SCc2nc(-c3ccsc3)no2)n1C1CCCCC1. The molecule has 0 saturated heterocycles. The topological polar surface area (TPSA) is 73.8 Å². The fraction of sp³-hybridized carbons (Fsp3) is 0.333. The Balaban J connectivity index is 1.47. The van der Waals surface area contributed by atoms with Crippen LogP contribution in [-0.4, -0.2) is 19.7 Å². The first-order valence-electron chi connectivity index (χ1n) is 9.79. The zero-order valence-corrected chi connectivity index (χ0v) is 17.4. The Morgan fingerprint density at radius 1 is 1.14 bits per heavy atom. The molecule has 1 saturated carbocycles. The zero-order chi connectivity index (χ0) is 19.6. The van der Waals surface area contributed by atoms with Gasteiger partial charge in [0.25, 0.3) is 5.56 Å². The molecule has 0 radical (unpaired) electrons. The van der Waals surface area contributed by atoms with Gasteiger partial charge in [-0.25, -0.2) is 4.98 Å². The van der Waals surface area contributed by atoms with E-state index in [1.165, 1.54) is 18.2 Å². The van der Waals surface area contributed by atoms with Crippen LogP contribution in [0, 0.1) is 0 Å². The van der Waals surface area contributed by atoms with Crippen molar-refractivity contribution in [1.82, 2.24) is 19.7 Å². The lowest BCUT2D eigenvalue weighted by Crippen LogP contribution is -2.29. The molecule has 0 N–H and O–H groups in total. The minimum atomic E-state index is 0.0505. The van der Waals surface area contributed by atoms with Gasteiger partial charge in [0.1, 0.15) is 0 Å². The number of aromatic nitrogens is 4. The summed E-state index contributed by atoms with van der Waals surface area (Å²) in [5, 5.41) is 9.46. The minimum absolute atomic E-state index is 0.0505. The van der Waals surface area contributed by atoms with Gasteiger partial charge in [0.15, 0.2) is 5.16 Å². The van der Waals surface area contributed by atoms with Gasteiger partial charge in [-0.05, 0) is 36.4 Å². The van der Waals surface area contributed by atoms with E-state index in [9.17, 15) is 4.79 Å². The monoisotopic (exact) mass is 424 g/mol. The summed E-state index contributed by atoms with van der Waals surface area (Å²) in [4.78, 5) is 22.6. The van der Waals surface area contributed by atoms with Crippen LogP contribution >= 0.6 is 23.1 Å². The quantitative estimate of drug-likeness (QED) is 0.319. The molecular formula is C21H20N4O2S2. The Morgan fingerprint density at radius 2 is 2.00 bits per heavy atom. The second-order valence-electron chi connectivity index (χ2n) is 7.19. The molecule has 0 bridgehead atoms. The summed E-state index contributed by atoms with van der Waals surface area (Å²) in [6.07, 6.45) is 5.60. The number of hydrogen-bond acceptors (Lipinski definition) is 7. The van der Waals surface area contributed by atoms with E-state index in [0.29, 0.717) is 22.9 Å². The van der Waals surface area contributed by atoms with Crippen LogP contribution in [0.25, 0.3) is 22.3 Å². The first-order chi connectivity index (χ1) is 14.3. The minimum Gasteiger partial charge on any atom is -0.338 e. The van der Waals surface area contributed by atoms with Gasteiger partial charge in [-0.1, -0.05) is 48.3 Å². The molecule has 148 valence electrons. The lowest BCUT2D eigenvalue weighted by molar-refractivity contribution is 0.326. The van der Waals surface area contributed by atoms with E-state index in [4.69, 9.17) is 9.51 Å². The molecule has 0 aliphatic heterocycles. The Hall–Kier alpha value is -2.45. The summed E-state index contributed by atoms with van der Waals surface area (Å²) >= 11 is 3.09. The van der Waals surface area contributed by atoms with Crippen LogP contribution in [0.5, 0.6) is 0 Å². The highest BCUT2D eigenvalue weighted by Crippen LogP contribution is 2.32. The van der Waals surface area contributed by atoms with E-state index in [-0.39, 0.29) is 11.6 Å². The summed E-state index contributed by atoms with van der Waals surface area (Å²) in [6.45, 7) is 0. The molecule has 29 heavy (non-hydrogen) atoms. The number of thiophene rings is 1. The van der Waals surface area contributed by atoms with Gasteiger partial charge >= 0.3 is 0 Å². The number of para-hydroxylation sites is 1. The normalized spacial score (nSPS) is 15.2. The molecule has 1 aromatic carbocycles. The molecule has 3 aromatic heterocycles. The Morgan fingerprint density at radius 3 is 2.83 bits per heavy atom. The fourth-order valence-corrected chi connectivity index (χ4v) is 5.38. The van der Waals surface area contributed by atoms with Crippen LogP contribution in [0.4, 0.5) is 0 Å². The number of hydrogen-bond donors (Lipinski definition) is 0. The summed E-state index contributed by atoms with van der Waals surface area (Å²) < 4.78 is 7.33. The molecule has 0 amide bonds. The highest BCUT2D eigenvalue weighted by atomic mass is 32.2. The lowest BCUT2D eigenvalue weighted by Gasteiger charge is -2.26. The second-order valence-corrected chi connectivity index (χ2v) is 8.91. The van der Waals surface area contributed by atoms with E-state index < -0.39 is 0 Å². The maximum Gasteiger partial charge on any atom is 0.262 e. The van der Waals surface area contributed by atoms with E-state index in [0.717, 1.165) is 41.9 Å². The summed E-state index contributed by atoms with van der Waals surface area (Å²) in [5.74, 6) is 1.61. The van der Waals surface area contributed by atoms with Crippen molar-refractivity contribution in [2.45, 2.75) is 49.1 Å². The zero-order valence-electron chi connectivity index (χ0n) is 15.8. The molecule has 8 heteroatoms. The molecule has 5 rings (SSSR count). The molecule has 4 aromatic rings. The van der Waals surface area contributed by atoms with Crippen molar-refractivity contribution in [3.8, 4) is 11.4 Å². The maximum absolute atomic E-state index is 13.3. The third-order valence-corrected chi connectivity index (χ3v) is 6.91. The van der Waals surface area contributed by atoms with Crippen LogP contribution in [0.1, 0.15) is 44.0 Å². The van der Waals surface area contributed by atoms with Crippen LogP contribution in [-0.2, 0) is 5.75 Å². The lowest BCUT2D eigenvalue weighted by atomic mass is 9.95. The predicted octanol–water partition coefficient (Wildman–Crippen LogP) is 5.31. The van der Waals surface area contributed by atoms with Crippen molar-refractivity contribution < 1.29 is 4.52 Å². The molecule has 0 spiro atoms. The van der Waals surface area contributed by atoms with Gasteiger partial charge in [-0.15, -0.1) is 0 Å². The largest absolute Gasteiger partial charge is 0.338 e. The standard InChI is InChI=1S/C21H20N4O2S2/c26-20-16-8-4-5-9-17(16)22-21(25(20)15-6-2-1-3-7-15)29-13-18-23-19(24-27-18)14-10-11-28-12-14/h4-5,8-12,15H,1-3,6-7,13H2. The van der Waals surface area contributed by atoms with Crippen molar-refractivity contribution >= 4 is 34.0 Å². The highest BCUT2D eigenvalue weighted by Gasteiger charge is 2.22. The van der Waals surface area contributed by atoms with Crippen molar-refractivity contribution in [1.29, 1.82) is 0 Å². The highest BCUT2D eigenvalue weighted by molar-refractivity contribution is 7.98.